The highest BCUT2D eigenvalue weighted by Crippen LogP contribution is 2.49. The van der Waals surface area contributed by atoms with Crippen molar-refractivity contribution in [3.63, 3.8) is 0 Å². The standard InChI is InChI=1S/C24H30N2O2/c1-26(23(27)18-7-4-3-5-8-18)21-12-11-20-17-25-14-13-24(20,16-21)19-9-6-10-22(15-19)28-2/h3-10,15,20-21,25H,11-14,16-17H2,1-2H3/t20?,21-,24?/m1/s1. The largest absolute Gasteiger partial charge is 0.497 e. The van der Waals surface area contributed by atoms with Crippen molar-refractivity contribution in [1.29, 1.82) is 0 Å². The van der Waals surface area contributed by atoms with Crippen LogP contribution in [0.15, 0.2) is 54.6 Å². The third kappa shape index (κ3) is 3.42. The maximum Gasteiger partial charge on any atom is 0.253 e. The first kappa shape index (κ1) is 19.0. The third-order valence-corrected chi connectivity index (χ3v) is 6.90. The number of hydrogen-bond acceptors (Lipinski definition) is 3. The highest BCUT2D eigenvalue weighted by Gasteiger charge is 2.47. The van der Waals surface area contributed by atoms with E-state index in [9.17, 15) is 4.79 Å². The van der Waals surface area contributed by atoms with Gasteiger partial charge in [-0.2, -0.15) is 0 Å². The summed E-state index contributed by atoms with van der Waals surface area (Å²) in [4.78, 5) is 15.0. The SMILES string of the molecule is COc1cccc(C23CCNCC2CC[C@@H](N(C)C(=O)c2ccccc2)C3)c1. The summed E-state index contributed by atoms with van der Waals surface area (Å²) >= 11 is 0. The third-order valence-electron chi connectivity index (χ3n) is 6.90. The van der Waals surface area contributed by atoms with Crippen LogP contribution in [-0.4, -0.2) is 44.1 Å². The Bertz CT molecular complexity index is 822. The molecule has 1 N–H and O–H groups in total. The van der Waals surface area contributed by atoms with Crippen LogP contribution in [0.4, 0.5) is 0 Å². The van der Waals surface area contributed by atoms with E-state index in [0.29, 0.717) is 5.92 Å². The molecule has 2 unspecified atom stereocenters. The summed E-state index contributed by atoms with van der Waals surface area (Å²) in [7, 11) is 3.70. The van der Waals surface area contributed by atoms with Crippen molar-refractivity contribution >= 4 is 5.91 Å². The molecule has 1 aliphatic heterocycles. The van der Waals surface area contributed by atoms with Crippen LogP contribution in [0.2, 0.25) is 0 Å². The van der Waals surface area contributed by atoms with Gasteiger partial charge in [-0.1, -0.05) is 30.3 Å². The van der Waals surface area contributed by atoms with Crippen LogP contribution in [0.25, 0.3) is 0 Å². The van der Waals surface area contributed by atoms with Gasteiger partial charge in [0.1, 0.15) is 5.75 Å². The van der Waals surface area contributed by atoms with Crippen LogP contribution < -0.4 is 10.1 Å². The van der Waals surface area contributed by atoms with Crippen molar-refractivity contribution in [3.05, 3.63) is 65.7 Å². The van der Waals surface area contributed by atoms with Crippen LogP contribution in [-0.2, 0) is 5.41 Å². The van der Waals surface area contributed by atoms with E-state index in [4.69, 9.17) is 4.74 Å². The number of amides is 1. The molecular weight excluding hydrogens is 348 g/mol. The fraction of sp³-hybridized carbons (Fsp3) is 0.458. The van der Waals surface area contributed by atoms with Crippen molar-refractivity contribution < 1.29 is 9.53 Å². The quantitative estimate of drug-likeness (QED) is 0.878. The Morgan fingerprint density at radius 2 is 1.96 bits per heavy atom. The minimum absolute atomic E-state index is 0.105. The molecule has 2 aromatic carbocycles. The smallest absolute Gasteiger partial charge is 0.253 e. The molecule has 1 amide bonds. The fourth-order valence-corrected chi connectivity index (χ4v) is 5.26. The van der Waals surface area contributed by atoms with Gasteiger partial charge in [0.25, 0.3) is 5.91 Å². The van der Waals surface area contributed by atoms with Crippen LogP contribution in [0.3, 0.4) is 0 Å². The minimum Gasteiger partial charge on any atom is -0.497 e. The van der Waals surface area contributed by atoms with E-state index in [2.05, 4.69) is 23.5 Å². The molecule has 148 valence electrons. The number of rotatable bonds is 4. The Hall–Kier alpha value is -2.33. The molecule has 1 saturated heterocycles. The van der Waals surface area contributed by atoms with Gasteiger partial charge in [0.05, 0.1) is 7.11 Å². The maximum atomic E-state index is 13.0. The predicted molar refractivity (Wildman–Crippen MR) is 112 cm³/mol. The number of piperidine rings is 1. The molecule has 3 atom stereocenters. The first-order valence-electron chi connectivity index (χ1n) is 10.3. The van der Waals surface area contributed by atoms with Crippen molar-refractivity contribution in [2.45, 2.75) is 37.1 Å². The summed E-state index contributed by atoms with van der Waals surface area (Å²) in [5.41, 5.74) is 2.24. The van der Waals surface area contributed by atoms with Gasteiger partial charge in [-0.15, -0.1) is 0 Å². The lowest BCUT2D eigenvalue weighted by atomic mass is 9.58. The molecule has 2 aromatic rings. The molecule has 0 radical (unpaired) electrons. The number of carbonyl (C=O) groups is 1. The summed E-state index contributed by atoms with van der Waals surface area (Å²) < 4.78 is 5.51. The summed E-state index contributed by atoms with van der Waals surface area (Å²) in [6.07, 6.45) is 4.32. The predicted octanol–water partition coefficient (Wildman–Crippen LogP) is 3.87. The van der Waals surface area contributed by atoms with E-state index in [1.807, 2.05) is 48.3 Å². The zero-order chi connectivity index (χ0) is 19.6. The number of fused-ring (bicyclic) bond motifs is 1. The molecule has 0 aromatic heterocycles. The molecule has 1 heterocycles. The lowest BCUT2D eigenvalue weighted by molar-refractivity contribution is 0.0479. The topological polar surface area (TPSA) is 41.6 Å². The van der Waals surface area contributed by atoms with Gasteiger partial charge >= 0.3 is 0 Å². The van der Waals surface area contributed by atoms with E-state index in [1.54, 1.807) is 7.11 Å². The minimum atomic E-state index is 0.105. The van der Waals surface area contributed by atoms with Crippen molar-refractivity contribution in [2.75, 3.05) is 27.2 Å². The fourth-order valence-electron chi connectivity index (χ4n) is 5.26. The zero-order valence-electron chi connectivity index (χ0n) is 16.9. The summed E-state index contributed by atoms with van der Waals surface area (Å²) in [6, 6.07) is 18.5. The van der Waals surface area contributed by atoms with E-state index < -0.39 is 0 Å². The molecule has 0 bridgehead atoms. The van der Waals surface area contributed by atoms with Crippen LogP contribution >= 0.6 is 0 Å². The van der Waals surface area contributed by atoms with Crippen molar-refractivity contribution in [1.82, 2.24) is 10.2 Å². The van der Waals surface area contributed by atoms with E-state index in [1.165, 1.54) is 5.56 Å². The normalized spacial score (nSPS) is 26.9. The Labute approximate surface area is 167 Å². The number of carbonyl (C=O) groups excluding carboxylic acids is 1. The molecule has 2 aliphatic rings. The zero-order valence-corrected chi connectivity index (χ0v) is 16.9. The molecular formula is C24H30N2O2. The van der Waals surface area contributed by atoms with Crippen LogP contribution in [0.1, 0.15) is 41.6 Å². The first-order valence-corrected chi connectivity index (χ1v) is 10.3. The Balaban J connectivity index is 1.63. The molecule has 4 heteroatoms. The van der Waals surface area contributed by atoms with Gasteiger partial charge in [0.15, 0.2) is 0 Å². The van der Waals surface area contributed by atoms with E-state index in [-0.39, 0.29) is 17.4 Å². The highest BCUT2D eigenvalue weighted by molar-refractivity contribution is 5.94. The number of methoxy groups -OCH3 is 1. The highest BCUT2D eigenvalue weighted by atomic mass is 16.5. The second-order valence-electron chi connectivity index (χ2n) is 8.26. The number of nitrogens with one attached hydrogen (secondary N) is 1. The number of hydrogen-bond donors (Lipinski definition) is 1. The average Bonchev–Trinajstić information content (AvgIpc) is 2.78. The maximum absolute atomic E-state index is 13.0. The molecule has 1 saturated carbocycles. The first-order chi connectivity index (χ1) is 13.6. The van der Waals surface area contributed by atoms with Gasteiger partial charge in [-0.25, -0.2) is 0 Å². The van der Waals surface area contributed by atoms with Gasteiger partial charge in [0.2, 0.25) is 0 Å². The Kier molecular flexibility index (Phi) is 5.40. The molecule has 2 fully saturated rings. The molecule has 4 nitrogen and oxygen atoms in total. The Morgan fingerprint density at radius 1 is 1.14 bits per heavy atom. The van der Waals surface area contributed by atoms with Crippen molar-refractivity contribution in [3.8, 4) is 5.75 Å². The summed E-state index contributed by atoms with van der Waals surface area (Å²) in [6.45, 7) is 2.08. The lowest BCUT2D eigenvalue weighted by Crippen LogP contribution is -2.55. The van der Waals surface area contributed by atoms with Crippen LogP contribution in [0, 0.1) is 5.92 Å². The Morgan fingerprint density at radius 3 is 2.75 bits per heavy atom. The van der Waals surface area contributed by atoms with Gasteiger partial charge in [0, 0.05) is 24.1 Å². The number of nitrogens with zero attached hydrogens (tertiary/aromatic N) is 1. The molecule has 1 aliphatic carbocycles. The molecule has 4 rings (SSSR count). The monoisotopic (exact) mass is 378 g/mol. The number of ether oxygens (including phenoxy) is 1. The van der Waals surface area contributed by atoms with E-state index >= 15 is 0 Å². The molecule has 28 heavy (non-hydrogen) atoms. The van der Waals surface area contributed by atoms with Crippen molar-refractivity contribution in [2.24, 2.45) is 5.92 Å². The summed E-state index contributed by atoms with van der Waals surface area (Å²) in [5.74, 6) is 1.64. The second kappa shape index (κ2) is 7.96. The second-order valence-corrected chi connectivity index (χ2v) is 8.26. The van der Waals surface area contributed by atoms with Gasteiger partial charge in [-0.3, -0.25) is 4.79 Å². The molecule has 0 spiro atoms. The lowest BCUT2D eigenvalue weighted by Gasteiger charge is -2.52. The number of benzene rings is 2. The average molecular weight is 379 g/mol. The summed E-state index contributed by atoms with van der Waals surface area (Å²) in [5, 5.41) is 3.59. The van der Waals surface area contributed by atoms with Crippen LogP contribution in [0.5, 0.6) is 5.75 Å². The van der Waals surface area contributed by atoms with E-state index in [0.717, 1.165) is 50.1 Å². The van der Waals surface area contributed by atoms with Gasteiger partial charge in [-0.05, 0) is 74.5 Å². The van der Waals surface area contributed by atoms with Gasteiger partial charge < -0.3 is 15.0 Å².